The van der Waals surface area contributed by atoms with E-state index < -0.39 is 16.0 Å². The molecule has 1 aromatic rings. The number of nitrogens with one attached hydrogen (secondary N) is 1. The lowest BCUT2D eigenvalue weighted by atomic mass is 10.1. The normalized spacial score (nSPS) is 19.4. The van der Waals surface area contributed by atoms with Crippen LogP contribution < -0.4 is 4.72 Å². The third-order valence-electron chi connectivity index (χ3n) is 3.32. The van der Waals surface area contributed by atoms with E-state index in [0.717, 1.165) is 24.3 Å². The molecule has 21 heavy (non-hydrogen) atoms. The second kappa shape index (κ2) is 6.68. The van der Waals surface area contributed by atoms with Gasteiger partial charge in [0, 0.05) is 16.3 Å². The number of thioether (sulfide) groups is 1. The van der Waals surface area contributed by atoms with Gasteiger partial charge in [0.15, 0.2) is 0 Å². The van der Waals surface area contributed by atoms with Crippen LogP contribution in [0.5, 0.6) is 0 Å². The number of hydrogen-bond donors (Lipinski definition) is 2. The van der Waals surface area contributed by atoms with Gasteiger partial charge in [0.25, 0.3) is 0 Å². The van der Waals surface area contributed by atoms with Gasteiger partial charge < -0.3 is 5.11 Å². The van der Waals surface area contributed by atoms with Crippen molar-refractivity contribution in [2.75, 3.05) is 11.5 Å². The second-order valence-corrected chi connectivity index (χ2v) is 8.61. The highest BCUT2D eigenvalue weighted by molar-refractivity contribution is 9.10. The minimum absolute atomic E-state index is 0.0184. The summed E-state index contributed by atoms with van der Waals surface area (Å²) in [5, 5.41) is 9.07. The number of benzene rings is 1. The van der Waals surface area contributed by atoms with E-state index in [-0.39, 0.29) is 16.5 Å². The largest absolute Gasteiger partial charge is 0.478 e. The molecule has 0 saturated carbocycles. The van der Waals surface area contributed by atoms with Crippen molar-refractivity contribution in [1.82, 2.24) is 4.72 Å². The first-order valence-corrected chi connectivity index (χ1v) is 9.88. The molecule has 2 rings (SSSR count). The zero-order valence-corrected chi connectivity index (χ0v) is 14.6. The van der Waals surface area contributed by atoms with Gasteiger partial charge in [-0.25, -0.2) is 17.9 Å². The van der Waals surface area contributed by atoms with E-state index in [4.69, 9.17) is 5.11 Å². The quantitative estimate of drug-likeness (QED) is 0.821. The molecule has 116 valence electrons. The molecule has 0 amide bonds. The third-order valence-corrected chi connectivity index (χ3v) is 7.00. The van der Waals surface area contributed by atoms with Gasteiger partial charge in [-0.2, -0.15) is 11.8 Å². The van der Waals surface area contributed by atoms with Gasteiger partial charge in [0.05, 0.1) is 10.5 Å². The average molecular weight is 394 g/mol. The van der Waals surface area contributed by atoms with Crippen molar-refractivity contribution >= 4 is 43.7 Å². The number of rotatable bonds is 4. The Bertz CT molecular complexity index is 654. The van der Waals surface area contributed by atoms with Crippen molar-refractivity contribution < 1.29 is 18.3 Å². The number of carboxylic acids is 1. The molecule has 0 radical (unpaired) electrons. The summed E-state index contributed by atoms with van der Waals surface area (Å²) in [7, 11) is -3.73. The first-order valence-electron chi connectivity index (χ1n) is 6.45. The summed E-state index contributed by atoms with van der Waals surface area (Å²) in [5.41, 5.74) is 0.460. The SMILES string of the molecule is Cc1c(Br)cc(C(=O)O)cc1S(=O)(=O)NC1CCCSC1. The van der Waals surface area contributed by atoms with Gasteiger partial charge >= 0.3 is 5.97 Å². The highest BCUT2D eigenvalue weighted by Gasteiger charge is 2.25. The minimum atomic E-state index is -3.73. The summed E-state index contributed by atoms with van der Waals surface area (Å²) in [6.45, 7) is 1.65. The Balaban J connectivity index is 2.36. The van der Waals surface area contributed by atoms with E-state index in [1.54, 1.807) is 18.7 Å². The smallest absolute Gasteiger partial charge is 0.335 e. The molecular weight excluding hydrogens is 378 g/mol. The number of sulfonamides is 1. The first-order chi connectivity index (χ1) is 9.81. The summed E-state index contributed by atoms with van der Waals surface area (Å²) < 4.78 is 28.2. The zero-order valence-electron chi connectivity index (χ0n) is 11.4. The van der Waals surface area contributed by atoms with Crippen molar-refractivity contribution in [3.05, 3.63) is 27.7 Å². The number of hydrogen-bond acceptors (Lipinski definition) is 4. The summed E-state index contributed by atoms with van der Waals surface area (Å²) in [5.74, 6) is 0.649. The lowest BCUT2D eigenvalue weighted by Crippen LogP contribution is -2.38. The van der Waals surface area contributed by atoms with Crippen molar-refractivity contribution in [2.45, 2.75) is 30.7 Å². The molecule has 1 unspecified atom stereocenters. The summed E-state index contributed by atoms with van der Waals surface area (Å²) in [6, 6.07) is 2.52. The lowest BCUT2D eigenvalue weighted by Gasteiger charge is -2.23. The maximum Gasteiger partial charge on any atom is 0.335 e. The van der Waals surface area contributed by atoms with Crippen LogP contribution >= 0.6 is 27.7 Å². The van der Waals surface area contributed by atoms with Crippen LogP contribution in [0.25, 0.3) is 0 Å². The van der Waals surface area contributed by atoms with Gasteiger partial charge in [0.1, 0.15) is 0 Å². The first kappa shape index (κ1) is 16.8. The molecule has 1 aromatic carbocycles. The molecule has 0 bridgehead atoms. The van der Waals surface area contributed by atoms with Crippen LogP contribution in [0.4, 0.5) is 0 Å². The van der Waals surface area contributed by atoms with Crippen molar-refractivity contribution in [3.8, 4) is 0 Å². The van der Waals surface area contributed by atoms with Crippen LogP contribution in [0.3, 0.4) is 0 Å². The van der Waals surface area contributed by atoms with Crippen LogP contribution in [0.15, 0.2) is 21.5 Å². The van der Waals surface area contributed by atoms with Crippen LogP contribution in [0.1, 0.15) is 28.8 Å². The molecule has 0 aromatic heterocycles. The Hall–Kier alpha value is -0.570. The van der Waals surface area contributed by atoms with Crippen molar-refractivity contribution in [2.24, 2.45) is 0 Å². The lowest BCUT2D eigenvalue weighted by molar-refractivity contribution is 0.0696. The molecule has 1 aliphatic rings. The second-order valence-electron chi connectivity index (χ2n) is 4.92. The highest BCUT2D eigenvalue weighted by atomic mass is 79.9. The van der Waals surface area contributed by atoms with E-state index >= 15 is 0 Å². The average Bonchev–Trinajstić information content (AvgIpc) is 2.41. The van der Waals surface area contributed by atoms with E-state index in [9.17, 15) is 13.2 Å². The van der Waals surface area contributed by atoms with Crippen LogP contribution in [-0.2, 0) is 10.0 Å². The summed E-state index contributed by atoms with van der Waals surface area (Å²) >= 11 is 4.95. The molecule has 5 nitrogen and oxygen atoms in total. The number of carboxylic acid groups (broad SMARTS) is 1. The highest BCUT2D eigenvalue weighted by Crippen LogP contribution is 2.27. The predicted octanol–water partition coefficient (Wildman–Crippen LogP) is 2.63. The predicted molar refractivity (Wildman–Crippen MR) is 86.5 cm³/mol. The van der Waals surface area contributed by atoms with Crippen LogP contribution in [0, 0.1) is 6.92 Å². The fourth-order valence-corrected chi connectivity index (χ4v) is 5.50. The Labute approximate surface area is 136 Å². The Morgan fingerprint density at radius 1 is 1.48 bits per heavy atom. The van der Waals surface area contributed by atoms with Crippen LogP contribution in [-0.4, -0.2) is 37.0 Å². The third kappa shape index (κ3) is 4.00. The maximum absolute atomic E-state index is 12.5. The molecule has 8 heteroatoms. The Morgan fingerprint density at radius 2 is 2.19 bits per heavy atom. The van der Waals surface area contributed by atoms with Crippen molar-refractivity contribution in [1.29, 1.82) is 0 Å². The molecule has 2 N–H and O–H groups in total. The van der Waals surface area contributed by atoms with Crippen molar-refractivity contribution in [3.63, 3.8) is 0 Å². The molecule has 0 aliphatic carbocycles. The van der Waals surface area contributed by atoms with Gasteiger partial charge in [-0.3, -0.25) is 0 Å². The fraction of sp³-hybridized carbons (Fsp3) is 0.462. The van der Waals surface area contributed by atoms with Gasteiger partial charge in [-0.1, -0.05) is 15.9 Å². The van der Waals surface area contributed by atoms with Gasteiger partial charge in [-0.05, 0) is 43.2 Å². The molecule has 1 aliphatic heterocycles. The fourth-order valence-electron chi connectivity index (χ4n) is 2.17. The monoisotopic (exact) mass is 393 g/mol. The maximum atomic E-state index is 12.5. The van der Waals surface area contributed by atoms with E-state index in [0.29, 0.717) is 10.0 Å². The summed E-state index contributed by atoms with van der Waals surface area (Å²) in [4.78, 5) is 11.1. The minimum Gasteiger partial charge on any atom is -0.478 e. The Morgan fingerprint density at radius 3 is 2.76 bits per heavy atom. The van der Waals surface area contributed by atoms with Gasteiger partial charge in [-0.15, -0.1) is 0 Å². The molecule has 0 spiro atoms. The Kier molecular flexibility index (Phi) is 5.34. The van der Waals surface area contributed by atoms with E-state index in [2.05, 4.69) is 20.7 Å². The van der Waals surface area contributed by atoms with Gasteiger partial charge in [0.2, 0.25) is 10.0 Å². The summed E-state index contributed by atoms with van der Waals surface area (Å²) in [6.07, 6.45) is 1.79. The number of carbonyl (C=O) groups is 1. The van der Waals surface area contributed by atoms with E-state index in [1.807, 2.05) is 0 Å². The molecular formula is C13H16BrNO4S2. The number of halogens is 1. The molecule has 1 saturated heterocycles. The molecule has 1 fully saturated rings. The molecule has 1 heterocycles. The standard InChI is InChI=1S/C13H16BrNO4S2/c1-8-11(14)5-9(13(16)17)6-12(8)21(18,19)15-10-3-2-4-20-7-10/h5-6,10,15H,2-4,7H2,1H3,(H,16,17). The molecule has 1 atom stereocenters. The van der Waals surface area contributed by atoms with Crippen LogP contribution in [0.2, 0.25) is 0 Å². The topological polar surface area (TPSA) is 83.5 Å². The van der Waals surface area contributed by atoms with E-state index in [1.165, 1.54) is 12.1 Å². The zero-order chi connectivity index (χ0) is 15.6. The number of aromatic carboxylic acids is 1.